The van der Waals surface area contributed by atoms with Crippen LogP contribution in [0.25, 0.3) is 0 Å². The van der Waals surface area contributed by atoms with Crippen molar-refractivity contribution in [2.24, 2.45) is 11.8 Å². The monoisotopic (exact) mass is 433 g/mol. The normalized spacial score (nSPS) is 24.7. The Balaban J connectivity index is 1.47. The molecule has 158 valence electrons. The Hall–Kier alpha value is -3.18. The van der Waals surface area contributed by atoms with Crippen molar-refractivity contribution in [3.05, 3.63) is 47.7 Å². The molecule has 1 saturated heterocycles. The number of nitrogens with one attached hydrogen (secondary N) is 2. The van der Waals surface area contributed by atoms with E-state index in [4.69, 9.17) is 9.26 Å². The Morgan fingerprint density at radius 1 is 1.07 bits per heavy atom. The summed E-state index contributed by atoms with van der Waals surface area (Å²) in [5, 5.41) is 15.8. The second-order valence-corrected chi connectivity index (χ2v) is 8.86. The number of aromatic nitrogens is 1. The van der Waals surface area contributed by atoms with Gasteiger partial charge in [0.05, 0.1) is 28.7 Å². The first-order valence-electron chi connectivity index (χ1n) is 9.10. The van der Waals surface area contributed by atoms with Gasteiger partial charge in [-0.3, -0.25) is 9.59 Å². The second kappa shape index (κ2) is 7.26. The van der Waals surface area contributed by atoms with Crippen molar-refractivity contribution in [2.75, 3.05) is 10.0 Å². The van der Waals surface area contributed by atoms with Crippen LogP contribution in [0.4, 0.5) is 11.6 Å². The van der Waals surface area contributed by atoms with Crippen LogP contribution in [-0.2, 0) is 24.3 Å². The van der Waals surface area contributed by atoms with Crippen LogP contribution < -0.4 is 10.0 Å². The van der Waals surface area contributed by atoms with E-state index in [0.717, 1.165) is 0 Å². The lowest BCUT2D eigenvalue weighted by Crippen LogP contribution is -2.39. The number of benzene rings is 1. The van der Waals surface area contributed by atoms with Crippen molar-refractivity contribution in [2.45, 2.75) is 31.0 Å². The molecular formula is C19H19N3O7S. The average Bonchev–Trinajstić information content (AvgIpc) is 3.39. The van der Waals surface area contributed by atoms with E-state index in [0.29, 0.717) is 16.9 Å². The molecule has 0 saturated carbocycles. The van der Waals surface area contributed by atoms with Crippen molar-refractivity contribution < 1.29 is 32.4 Å². The van der Waals surface area contributed by atoms with Gasteiger partial charge >= 0.3 is 5.97 Å². The first-order chi connectivity index (χ1) is 14.2. The molecule has 0 spiro atoms. The minimum atomic E-state index is -3.91. The highest BCUT2D eigenvalue weighted by atomic mass is 32.2. The lowest BCUT2D eigenvalue weighted by Gasteiger charge is -2.21. The number of aliphatic carboxylic acids is 1. The maximum absolute atomic E-state index is 12.6. The number of fused-ring (bicyclic) bond motifs is 2. The summed E-state index contributed by atoms with van der Waals surface area (Å²) in [6.45, 7) is 3.38. The third kappa shape index (κ3) is 3.46. The van der Waals surface area contributed by atoms with Crippen LogP contribution in [0, 0.1) is 25.7 Å². The Morgan fingerprint density at radius 3 is 2.27 bits per heavy atom. The Morgan fingerprint density at radius 2 is 1.70 bits per heavy atom. The van der Waals surface area contributed by atoms with Gasteiger partial charge in [-0.2, -0.15) is 0 Å². The summed E-state index contributed by atoms with van der Waals surface area (Å²) < 4.78 is 37.9. The number of hydrogen-bond acceptors (Lipinski definition) is 7. The molecule has 4 rings (SSSR count). The van der Waals surface area contributed by atoms with Crippen molar-refractivity contribution in [1.29, 1.82) is 0 Å². The van der Waals surface area contributed by atoms with Crippen LogP contribution >= 0.6 is 0 Å². The van der Waals surface area contributed by atoms with Crippen LogP contribution in [0.2, 0.25) is 0 Å². The van der Waals surface area contributed by atoms with Gasteiger partial charge in [-0.1, -0.05) is 17.3 Å². The van der Waals surface area contributed by atoms with E-state index in [1.54, 1.807) is 26.0 Å². The summed E-state index contributed by atoms with van der Waals surface area (Å²) in [5.74, 6) is -3.38. The van der Waals surface area contributed by atoms with E-state index < -0.39 is 45.9 Å². The number of carboxylic acids is 1. The number of sulfonamides is 1. The van der Waals surface area contributed by atoms with Crippen molar-refractivity contribution in [1.82, 2.24) is 5.16 Å². The molecule has 4 atom stereocenters. The van der Waals surface area contributed by atoms with Gasteiger partial charge in [0.25, 0.3) is 10.0 Å². The van der Waals surface area contributed by atoms with Gasteiger partial charge in [0.2, 0.25) is 11.8 Å². The second-order valence-electron chi connectivity index (χ2n) is 7.18. The number of ether oxygens (including phenoxy) is 1. The fraction of sp³-hybridized carbons (Fsp3) is 0.316. The molecule has 10 nitrogen and oxygen atoms in total. The Bertz CT molecular complexity index is 1140. The maximum atomic E-state index is 12.6. The molecule has 1 fully saturated rings. The van der Waals surface area contributed by atoms with E-state index in [1.165, 1.54) is 24.3 Å². The molecule has 0 aliphatic carbocycles. The molecule has 1 amide bonds. The lowest BCUT2D eigenvalue weighted by molar-refractivity contribution is -0.145. The standard InChI is InChI=1S/C19H19N3O7S/c1-9-10(2)21-29-18(9)22-30(26,27)12-5-3-11(4-6-12)20-17(23)15-13-7-8-14(28-13)16(15)19(24)25/h3-8,13-16,22H,1-2H3,(H,20,23)(H,24,25)/t13-,14-,15+,16-/m1/s1. The van der Waals surface area contributed by atoms with Gasteiger partial charge in [0, 0.05) is 11.3 Å². The summed E-state index contributed by atoms with van der Waals surface area (Å²) in [4.78, 5) is 24.1. The van der Waals surface area contributed by atoms with Crippen molar-refractivity contribution in [3.63, 3.8) is 0 Å². The molecule has 3 heterocycles. The minimum absolute atomic E-state index is 0.0360. The summed E-state index contributed by atoms with van der Waals surface area (Å²) in [6.07, 6.45) is 2.12. The van der Waals surface area contributed by atoms with Gasteiger partial charge in [0.1, 0.15) is 5.92 Å². The Kier molecular flexibility index (Phi) is 4.86. The maximum Gasteiger partial charge on any atom is 0.310 e. The van der Waals surface area contributed by atoms with E-state index in [2.05, 4.69) is 15.2 Å². The zero-order valence-electron chi connectivity index (χ0n) is 16.0. The number of carboxylic acid groups (broad SMARTS) is 1. The van der Waals surface area contributed by atoms with Crippen molar-refractivity contribution >= 4 is 33.5 Å². The summed E-state index contributed by atoms with van der Waals surface area (Å²) >= 11 is 0. The highest BCUT2D eigenvalue weighted by Gasteiger charge is 2.53. The summed E-state index contributed by atoms with van der Waals surface area (Å²) in [5.41, 5.74) is 1.49. The van der Waals surface area contributed by atoms with Gasteiger partial charge in [-0.05, 0) is 38.1 Å². The molecule has 0 unspecified atom stereocenters. The number of hydrogen-bond donors (Lipinski definition) is 3. The number of aryl methyl sites for hydroxylation is 1. The largest absolute Gasteiger partial charge is 0.481 e. The smallest absolute Gasteiger partial charge is 0.310 e. The molecule has 11 heteroatoms. The predicted octanol–water partition coefficient (Wildman–Crippen LogP) is 1.68. The van der Waals surface area contributed by atoms with Gasteiger partial charge in [-0.25, -0.2) is 13.1 Å². The number of nitrogens with zero attached hydrogens (tertiary/aromatic N) is 1. The zero-order chi connectivity index (χ0) is 21.6. The fourth-order valence-electron chi connectivity index (χ4n) is 3.55. The number of carbonyl (C=O) groups is 2. The molecule has 1 aromatic heterocycles. The molecule has 2 aromatic rings. The lowest BCUT2D eigenvalue weighted by atomic mass is 9.82. The first kappa shape index (κ1) is 20.1. The SMILES string of the molecule is Cc1noc(NS(=O)(=O)c2ccc(NC(=O)[C@@H]3[C@H](C(=O)O)[C@H]4C=C[C@H]3O4)cc2)c1C. The van der Waals surface area contributed by atoms with E-state index in [1.807, 2.05) is 0 Å². The number of anilines is 2. The molecule has 0 radical (unpaired) electrons. The van der Waals surface area contributed by atoms with Crippen molar-refractivity contribution in [3.8, 4) is 0 Å². The summed E-state index contributed by atoms with van der Waals surface area (Å²) in [7, 11) is -3.91. The van der Waals surface area contributed by atoms with Crippen LogP contribution in [0.15, 0.2) is 45.8 Å². The minimum Gasteiger partial charge on any atom is -0.481 e. The zero-order valence-corrected chi connectivity index (χ0v) is 16.8. The fourth-order valence-corrected chi connectivity index (χ4v) is 4.60. The quantitative estimate of drug-likeness (QED) is 0.583. The number of amides is 1. The average molecular weight is 433 g/mol. The molecule has 2 bridgehead atoms. The van der Waals surface area contributed by atoms with E-state index >= 15 is 0 Å². The van der Waals surface area contributed by atoms with E-state index in [-0.39, 0.29) is 10.8 Å². The van der Waals surface area contributed by atoms with E-state index in [9.17, 15) is 23.1 Å². The third-order valence-corrected chi connectivity index (χ3v) is 6.65. The van der Waals surface area contributed by atoms with Crippen LogP contribution in [-0.4, -0.2) is 42.8 Å². The van der Waals surface area contributed by atoms with Gasteiger partial charge in [0.15, 0.2) is 0 Å². The third-order valence-electron chi connectivity index (χ3n) is 5.30. The molecular weight excluding hydrogens is 414 g/mol. The van der Waals surface area contributed by atoms with Crippen LogP contribution in [0.5, 0.6) is 0 Å². The molecule has 2 aliphatic heterocycles. The first-order valence-corrected chi connectivity index (χ1v) is 10.6. The molecule has 2 aliphatic rings. The van der Waals surface area contributed by atoms with Gasteiger partial charge in [-0.15, -0.1) is 0 Å². The summed E-state index contributed by atoms with van der Waals surface area (Å²) in [6, 6.07) is 5.49. The molecule has 1 aromatic carbocycles. The number of carbonyl (C=O) groups excluding carboxylic acids is 1. The molecule has 3 N–H and O–H groups in total. The van der Waals surface area contributed by atoms with Crippen LogP contribution in [0.3, 0.4) is 0 Å². The highest BCUT2D eigenvalue weighted by molar-refractivity contribution is 7.92. The van der Waals surface area contributed by atoms with Crippen LogP contribution in [0.1, 0.15) is 11.3 Å². The predicted molar refractivity (Wildman–Crippen MR) is 104 cm³/mol. The Labute approximate surface area is 171 Å². The van der Waals surface area contributed by atoms with Gasteiger partial charge < -0.3 is 19.7 Å². The number of rotatable bonds is 6. The highest BCUT2D eigenvalue weighted by Crippen LogP contribution is 2.39. The topological polar surface area (TPSA) is 148 Å². The molecule has 30 heavy (non-hydrogen) atoms.